The van der Waals surface area contributed by atoms with E-state index in [0.29, 0.717) is 30.0 Å². The minimum atomic E-state index is 0.478. The first-order valence-corrected chi connectivity index (χ1v) is 6.45. The van der Waals surface area contributed by atoms with Gasteiger partial charge in [0.2, 0.25) is 0 Å². The smallest absolute Gasteiger partial charge is 0.197 e. The van der Waals surface area contributed by atoms with E-state index in [1.165, 1.54) is 11.5 Å². The summed E-state index contributed by atoms with van der Waals surface area (Å²) in [4.78, 5) is 0. The summed E-state index contributed by atoms with van der Waals surface area (Å²) in [7, 11) is 0. The Labute approximate surface area is 101 Å². The lowest BCUT2D eigenvalue weighted by Gasteiger charge is -2.16. The van der Waals surface area contributed by atoms with Crippen molar-refractivity contribution in [2.24, 2.45) is 11.8 Å². The lowest BCUT2D eigenvalue weighted by atomic mass is 9.98. The monoisotopic (exact) mass is 243 g/mol. The third-order valence-corrected chi connectivity index (χ3v) is 3.49. The van der Waals surface area contributed by atoms with E-state index in [0.717, 1.165) is 11.5 Å². The van der Waals surface area contributed by atoms with E-state index in [4.69, 9.17) is 10.5 Å². The predicted molar refractivity (Wildman–Crippen MR) is 70.2 cm³/mol. The molecule has 0 aromatic carbocycles. The highest BCUT2D eigenvalue weighted by Gasteiger charge is 2.14. The van der Waals surface area contributed by atoms with Crippen LogP contribution in [0.25, 0.3) is 0 Å². The van der Waals surface area contributed by atoms with E-state index in [9.17, 15) is 0 Å². The summed E-state index contributed by atoms with van der Waals surface area (Å²) < 4.78 is 9.55. The molecule has 0 spiro atoms. The first-order chi connectivity index (χ1) is 7.56. The Balaban J connectivity index is 2.59. The van der Waals surface area contributed by atoms with Crippen LogP contribution in [-0.4, -0.2) is 17.5 Å². The van der Waals surface area contributed by atoms with Gasteiger partial charge >= 0.3 is 0 Å². The van der Waals surface area contributed by atoms with Gasteiger partial charge in [0, 0.05) is 6.54 Å². The van der Waals surface area contributed by atoms with Crippen molar-refractivity contribution in [2.45, 2.75) is 27.7 Å². The zero-order valence-electron chi connectivity index (χ0n) is 10.4. The van der Waals surface area contributed by atoms with E-state index in [1.54, 1.807) is 0 Å². The molecule has 1 atom stereocenters. The number of aromatic nitrogens is 1. The summed E-state index contributed by atoms with van der Waals surface area (Å²) in [5.41, 5.74) is 5.73. The zero-order valence-corrected chi connectivity index (χ0v) is 11.2. The van der Waals surface area contributed by atoms with Crippen molar-refractivity contribution in [3.8, 4) is 5.75 Å². The molecule has 0 aliphatic rings. The maximum atomic E-state index is 5.73. The second-order valence-corrected chi connectivity index (χ2v) is 5.03. The molecule has 0 fully saturated rings. The molecule has 16 heavy (non-hydrogen) atoms. The zero-order chi connectivity index (χ0) is 12.1. The van der Waals surface area contributed by atoms with Gasteiger partial charge in [-0.1, -0.05) is 20.8 Å². The molecule has 1 aromatic heterocycles. The van der Waals surface area contributed by atoms with Gasteiger partial charge in [-0.25, -0.2) is 0 Å². The van der Waals surface area contributed by atoms with Crippen LogP contribution in [0.2, 0.25) is 0 Å². The number of anilines is 2. The number of hydrogen-bond acceptors (Lipinski definition) is 5. The summed E-state index contributed by atoms with van der Waals surface area (Å²) >= 11 is 1.36. The van der Waals surface area contributed by atoms with Crippen LogP contribution in [-0.2, 0) is 0 Å². The molecule has 0 amide bonds. The summed E-state index contributed by atoms with van der Waals surface area (Å²) in [6.45, 7) is 10.1. The molecule has 92 valence electrons. The molecule has 3 N–H and O–H groups in total. The summed E-state index contributed by atoms with van der Waals surface area (Å²) in [6.07, 6.45) is 0. The lowest BCUT2D eigenvalue weighted by Crippen LogP contribution is -2.16. The van der Waals surface area contributed by atoms with Crippen LogP contribution in [0.4, 0.5) is 10.8 Å². The van der Waals surface area contributed by atoms with Crippen LogP contribution in [0.1, 0.15) is 27.7 Å². The van der Waals surface area contributed by atoms with Crippen molar-refractivity contribution in [2.75, 3.05) is 24.2 Å². The molecule has 0 saturated heterocycles. The molecular weight excluding hydrogens is 222 g/mol. The van der Waals surface area contributed by atoms with Gasteiger partial charge < -0.3 is 15.8 Å². The van der Waals surface area contributed by atoms with Crippen molar-refractivity contribution < 1.29 is 4.74 Å². The number of nitrogens with one attached hydrogen (secondary N) is 1. The van der Waals surface area contributed by atoms with Crippen LogP contribution in [0.15, 0.2) is 0 Å². The molecule has 0 aliphatic heterocycles. The Bertz CT molecular complexity index is 325. The summed E-state index contributed by atoms with van der Waals surface area (Å²) in [6, 6.07) is 0. The fourth-order valence-electron chi connectivity index (χ4n) is 1.18. The molecule has 0 radical (unpaired) electrons. The van der Waals surface area contributed by atoms with Crippen molar-refractivity contribution in [3.05, 3.63) is 0 Å². The van der Waals surface area contributed by atoms with E-state index in [-0.39, 0.29) is 0 Å². The van der Waals surface area contributed by atoms with Crippen LogP contribution in [0.5, 0.6) is 5.75 Å². The SMILES string of the molecule is CCOc1c(N)nsc1NCC(C)C(C)C. The largest absolute Gasteiger partial charge is 0.487 e. The minimum Gasteiger partial charge on any atom is -0.487 e. The number of rotatable bonds is 6. The summed E-state index contributed by atoms with van der Waals surface area (Å²) in [5.74, 6) is 2.45. The average molecular weight is 243 g/mol. The lowest BCUT2D eigenvalue weighted by molar-refractivity contribution is 0.343. The van der Waals surface area contributed by atoms with Gasteiger partial charge in [0.05, 0.1) is 6.61 Å². The Morgan fingerprint density at radius 2 is 2.12 bits per heavy atom. The van der Waals surface area contributed by atoms with Crippen molar-refractivity contribution in [3.63, 3.8) is 0 Å². The number of nitrogens with two attached hydrogens (primary N) is 1. The highest BCUT2D eigenvalue weighted by Crippen LogP contribution is 2.35. The Morgan fingerprint density at radius 1 is 1.44 bits per heavy atom. The maximum absolute atomic E-state index is 5.73. The first-order valence-electron chi connectivity index (χ1n) is 5.68. The minimum absolute atomic E-state index is 0.478. The number of nitrogens with zero attached hydrogens (tertiary/aromatic N) is 1. The van der Waals surface area contributed by atoms with Gasteiger partial charge in [0.1, 0.15) is 0 Å². The number of ether oxygens (including phenoxy) is 1. The topological polar surface area (TPSA) is 60.2 Å². The molecule has 4 nitrogen and oxygen atoms in total. The van der Waals surface area contributed by atoms with Crippen molar-refractivity contribution in [1.82, 2.24) is 4.37 Å². The molecule has 1 heterocycles. The molecule has 1 unspecified atom stereocenters. The highest BCUT2D eigenvalue weighted by molar-refractivity contribution is 7.11. The van der Waals surface area contributed by atoms with Crippen LogP contribution in [0, 0.1) is 11.8 Å². The molecule has 0 saturated carbocycles. The predicted octanol–water partition coefficient (Wildman–Crippen LogP) is 2.83. The normalized spacial score (nSPS) is 12.8. The molecule has 1 rings (SSSR count). The average Bonchev–Trinajstić information content (AvgIpc) is 2.58. The second-order valence-electron chi connectivity index (χ2n) is 4.26. The Kier molecular flexibility index (Phi) is 4.86. The molecule has 0 bridgehead atoms. The Hall–Kier alpha value is -0.970. The van der Waals surface area contributed by atoms with Crippen molar-refractivity contribution >= 4 is 22.4 Å². The molecular formula is C11H21N3OS. The molecule has 0 aliphatic carbocycles. The summed E-state index contributed by atoms with van der Waals surface area (Å²) in [5, 5.41) is 4.29. The highest BCUT2D eigenvalue weighted by atomic mass is 32.1. The second kappa shape index (κ2) is 5.94. The number of hydrogen-bond donors (Lipinski definition) is 2. The number of nitrogen functional groups attached to an aromatic ring is 1. The quantitative estimate of drug-likeness (QED) is 0.806. The van der Waals surface area contributed by atoms with E-state index < -0.39 is 0 Å². The van der Waals surface area contributed by atoms with E-state index in [2.05, 4.69) is 30.5 Å². The molecule has 5 heteroatoms. The van der Waals surface area contributed by atoms with E-state index in [1.807, 2.05) is 6.92 Å². The van der Waals surface area contributed by atoms with Gasteiger partial charge in [0.25, 0.3) is 0 Å². The third kappa shape index (κ3) is 3.27. The van der Waals surface area contributed by atoms with Crippen LogP contribution < -0.4 is 15.8 Å². The fraction of sp³-hybridized carbons (Fsp3) is 0.727. The van der Waals surface area contributed by atoms with Crippen LogP contribution in [0.3, 0.4) is 0 Å². The van der Waals surface area contributed by atoms with Gasteiger partial charge in [-0.3, -0.25) is 0 Å². The van der Waals surface area contributed by atoms with Crippen molar-refractivity contribution in [1.29, 1.82) is 0 Å². The Morgan fingerprint density at radius 3 is 2.69 bits per heavy atom. The maximum Gasteiger partial charge on any atom is 0.197 e. The van der Waals surface area contributed by atoms with Crippen LogP contribution >= 0.6 is 11.5 Å². The fourth-order valence-corrected chi connectivity index (χ4v) is 1.85. The molecule has 1 aromatic rings. The standard InChI is InChI=1S/C11H21N3OS/c1-5-15-9-10(12)14-16-11(9)13-6-8(4)7(2)3/h7-8,13H,5-6H2,1-4H3,(H2,12,14). The van der Waals surface area contributed by atoms with Gasteiger partial charge in [-0.2, -0.15) is 4.37 Å². The van der Waals surface area contributed by atoms with E-state index >= 15 is 0 Å². The first kappa shape index (κ1) is 13.1. The van der Waals surface area contributed by atoms with Gasteiger partial charge in [0.15, 0.2) is 16.6 Å². The van der Waals surface area contributed by atoms with Gasteiger partial charge in [-0.05, 0) is 30.3 Å². The van der Waals surface area contributed by atoms with Gasteiger partial charge in [-0.15, -0.1) is 0 Å². The third-order valence-electron chi connectivity index (χ3n) is 2.69.